The van der Waals surface area contributed by atoms with Crippen LogP contribution in [-0.2, 0) is 0 Å². The third-order valence-electron chi connectivity index (χ3n) is 4.50. The fraction of sp³-hybridized carbons (Fsp3) is 0.400. The van der Waals surface area contributed by atoms with Crippen LogP contribution in [0, 0.1) is 0 Å². The molecule has 5 nitrogen and oxygen atoms in total. The summed E-state index contributed by atoms with van der Waals surface area (Å²) in [5.41, 5.74) is 8.06. The first-order chi connectivity index (χ1) is 12.6. The Hall–Kier alpha value is -1.70. The topological polar surface area (TPSA) is 98.7 Å². The Labute approximate surface area is 156 Å². The van der Waals surface area contributed by atoms with Gasteiger partial charge in [0.2, 0.25) is 0 Å². The molecular weight excluding hydrogens is 327 g/mol. The number of hydrogen-bond donors (Lipinski definition) is 5. The highest BCUT2D eigenvalue weighted by Crippen LogP contribution is 2.28. The number of aliphatic hydroxyl groups is 1. The Morgan fingerprint density at radius 3 is 2.04 bits per heavy atom. The molecule has 6 heteroatoms. The van der Waals surface area contributed by atoms with Crippen molar-refractivity contribution in [3.05, 3.63) is 71.8 Å². The van der Waals surface area contributed by atoms with Crippen molar-refractivity contribution in [3.8, 4) is 0 Å². The van der Waals surface area contributed by atoms with E-state index in [2.05, 4.69) is 5.32 Å². The molecule has 140 valence electrons. The van der Waals surface area contributed by atoms with Crippen molar-refractivity contribution < 1.29 is 15.2 Å². The van der Waals surface area contributed by atoms with Gasteiger partial charge in [-0.1, -0.05) is 73.5 Å². The van der Waals surface area contributed by atoms with Crippen molar-refractivity contribution >= 4 is 7.12 Å². The zero-order valence-corrected chi connectivity index (χ0v) is 15.0. The SMILES string of the molecule is NC(CCCCB(O)O)CNC(c1ccccc1)[C@H](O)c1ccccc1. The second-order valence-electron chi connectivity index (χ2n) is 6.68. The lowest BCUT2D eigenvalue weighted by Crippen LogP contribution is -2.38. The van der Waals surface area contributed by atoms with Gasteiger partial charge in [-0.05, 0) is 23.9 Å². The summed E-state index contributed by atoms with van der Waals surface area (Å²) < 4.78 is 0. The van der Waals surface area contributed by atoms with Crippen LogP contribution in [0.15, 0.2) is 60.7 Å². The Morgan fingerprint density at radius 2 is 1.46 bits per heavy atom. The van der Waals surface area contributed by atoms with Crippen LogP contribution in [0.4, 0.5) is 0 Å². The van der Waals surface area contributed by atoms with E-state index in [1.165, 1.54) is 0 Å². The van der Waals surface area contributed by atoms with E-state index in [-0.39, 0.29) is 12.1 Å². The summed E-state index contributed by atoms with van der Waals surface area (Å²) in [7, 11) is -1.24. The molecule has 3 atom stereocenters. The van der Waals surface area contributed by atoms with Gasteiger partial charge < -0.3 is 26.2 Å². The maximum Gasteiger partial charge on any atom is 0.451 e. The zero-order valence-electron chi connectivity index (χ0n) is 15.0. The van der Waals surface area contributed by atoms with Crippen molar-refractivity contribution in [3.63, 3.8) is 0 Å². The maximum absolute atomic E-state index is 10.9. The summed E-state index contributed by atoms with van der Waals surface area (Å²) in [6, 6.07) is 19.2. The first-order valence-electron chi connectivity index (χ1n) is 9.21. The molecule has 2 rings (SSSR count). The third-order valence-corrected chi connectivity index (χ3v) is 4.50. The van der Waals surface area contributed by atoms with Crippen LogP contribution < -0.4 is 11.1 Å². The molecule has 26 heavy (non-hydrogen) atoms. The smallest absolute Gasteiger partial charge is 0.427 e. The van der Waals surface area contributed by atoms with E-state index in [4.69, 9.17) is 15.8 Å². The number of benzene rings is 2. The number of nitrogens with one attached hydrogen (secondary N) is 1. The van der Waals surface area contributed by atoms with E-state index >= 15 is 0 Å². The summed E-state index contributed by atoms with van der Waals surface area (Å²) in [6.07, 6.45) is 2.08. The van der Waals surface area contributed by atoms with Gasteiger partial charge in [0.15, 0.2) is 0 Å². The fourth-order valence-electron chi connectivity index (χ4n) is 3.03. The predicted octanol–water partition coefficient (Wildman–Crippen LogP) is 2.02. The molecule has 0 aliphatic carbocycles. The highest BCUT2D eigenvalue weighted by atomic mass is 16.4. The molecule has 0 saturated heterocycles. The highest BCUT2D eigenvalue weighted by molar-refractivity contribution is 6.40. The van der Waals surface area contributed by atoms with E-state index in [1.807, 2.05) is 60.7 Å². The first kappa shape index (κ1) is 20.6. The molecule has 0 fully saturated rings. The van der Waals surface area contributed by atoms with E-state index in [0.717, 1.165) is 30.4 Å². The average molecular weight is 356 g/mol. The second-order valence-corrected chi connectivity index (χ2v) is 6.68. The molecule has 2 aromatic carbocycles. The molecule has 6 N–H and O–H groups in total. The molecule has 0 spiro atoms. The maximum atomic E-state index is 10.9. The van der Waals surface area contributed by atoms with Crippen LogP contribution in [0.2, 0.25) is 6.32 Å². The van der Waals surface area contributed by atoms with E-state index < -0.39 is 13.2 Å². The monoisotopic (exact) mass is 356 g/mol. The predicted molar refractivity (Wildman–Crippen MR) is 105 cm³/mol. The van der Waals surface area contributed by atoms with Crippen molar-refractivity contribution in [2.24, 2.45) is 5.73 Å². The standard InChI is InChI=1S/C20H29BN2O3/c22-18(13-7-8-14-21(25)26)15-23-19(16-9-3-1-4-10-16)20(24)17-11-5-2-6-12-17/h1-6,9-12,18-20,23-26H,7-8,13-15,22H2/t18?,19?,20-/m1/s1. The lowest BCUT2D eigenvalue weighted by Gasteiger charge is -2.26. The Balaban J connectivity index is 1.95. The van der Waals surface area contributed by atoms with Crippen LogP contribution in [0.3, 0.4) is 0 Å². The van der Waals surface area contributed by atoms with Crippen molar-refractivity contribution in [1.82, 2.24) is 5.32 Å². The average Bonchev–Trinajstić information content (AvgIpc) is 2.66. The minimum Gasteiger partial charge on any atom is -0.427 e. The number of unbranched alkanes of at least 4 members (excludes halogenated alkanes) is 1. The summed E-state index contributed by atoms with van der Waals surface area (Å²) in [5.74, 6) is 0. The van der Waals surface area contributed by atoms with Gasteiger partial charge in [0, 0.05) is 12.6 Å². The molecule has 0 aromatic heterocycles. The summed E-state index contributed by atoms with van der Waals surface area (Å²) in [6.45, 7) is 0.575. The number of rotatable bonds is 11. The van der Waals surface area contributed by atoms with Gasteiger partial charge in [-0.3, -0.25) is 0 Å². The van der Waals surface area contributed by atoms with Crippen LogP contribution >= 0.6 is 0 Å². The van der Waals surface area contributed by atoms with E-state index in [9.17, 15) is 5.11 Å². The second kappa shape index (κ2) is 11.1. The van der Waals surface area contributed by atoms with Gasteiger partial charge >= 0.3 is 7.12 Å². The number of nitrogens with two attached hydrogens (primary N) is 1. The van der Waals surface area contributed by atoms with Crippen molar-refractivity contribution in [1.29, 1.82) is 0 Å². The summed E-state index contributed by atoms with van der Waals surface area (Å²) in [5, 5.41) is 32.0. The molecule has 0 radical (unpaired) electrons. The van der Waals surface area contributed by atoms with Crippen LogP contribution in [0.25, 0.3) is 0 Å². The van der Waals surface area contributed by atoms with Gasteiger partial charge in [-0.25, -0.2) is 0 Å². The molecule has 0 aliphatic rings. The lowest BCUT2D eigenvalue weighted by atomic mass is 9.83. The van der Waals surface area contributed by atoms with Gasteiger partial charge in [-0.2, -0.15) is 0 Å². The van der Waals surface area contributed by atoms with Gasteiger partial charge in [-0.15, -0.1) is 0 Å². The summed E-state index contributed by atoms with van der Waals surface area (Å²) >= 11 is 0. The number of hydrogen-bond acceptors (Lipinski definition) is 5. The first-order valence-corrected chi connectivity index (χ1v) is 9.21. The Morgan fingerprint density at radius 1 is 0.885 bits per heavy atom. The fourth-order valence-corrected chi connectivity index (χ4v) is 3.03. The summed E-state index contributed by atoms with van der Waals surface area (Å²) in [4.78, 5) is 0. The largest absolute Gasteiger partial charge is 0.451 e. The molecule has 2 aromatic rings. The highest BCUT2D eigenvalue weighted by Gasteiger charge is 2.22. The van der Waals surface area contributed by atoms with Crippen LogP contribution in [-0.4, -0.2) is 34.9 Å². The molecule has 0 saturated carbocycles. The minimum absolute atomic E-state index is 0.0555. The van der Waals surface area contributed by atoms with Crippen molar-refractivity contribution in [2.75, 3.05) is 6.54 Å². The quantitative estimate of drug-likeness (QED) is 0.313. The molecule has 0 heterocycles. The molecule has 0 amide bonds. The zero-order chi connectivity index (χ0) is 18.8. The minimum atomic E-state index is -1.24. The van der Waals surface area contributed by atoms with Gasteiger partial charge in [0.05, 0.1) is 12.1 Å². The van der Waals surface area contributed by atoms with Crippen molar-refractivity contribution in [2.45, 2.75) is 43.8 Å². The van der Waals surface area contributed by atoms with E-state index in [1.54, 1.807) is 0 Å². The molecule has 2 unspecified atom stereocenters. The number of aliphatic hydroxyl groups excluding tert-OH is 1. The van der Waals surface area contributed by atoms with E-state index in [0.29, 0.717) is 12.9 Å². The third kappa shape index (κ3) is 6.90. The lowest BCUT2D eigenvalue weighted by molar-refractivity contribution is 0.127. The normalized spacial score (nSPS) is 14.6. The van der Waals surface area contributed by atoms with Crippen LogP contribution in [0.1, 0.15) is 42.5 Å². The Bertz CT molecular complexity index is 613. The Kier molecular flexibility index (Phi) is 8.81. The van der Waals surface area contributed by atoms with Crippen LogP contribution in [0.5, 0.6) is 0 Å². The molecule has 0 bridgehead atoms. The molecule has 0 aliphatic heterocycles. The van der Waals surface area contributed by atoms with Gasteiger partial charge in [0.1, 0.15) is 0 Å². The molecular formula is C20H29BN2O3. The van der Waals surface area contributed by atoms with Gasteiger partial charge in [0.25, 0.3) is 0 Å².